The Kier molecular flexibility index (Phi) is 13.7. The molecule has 0 aromatic heterocycles. The van der Waals surface area contributed by atoms with Crippen molar-refractivity contribution in [2.45, 2.75) is 0 Å². The van der Waals surface area contributed by atoms with E-state index in [-0.39, 0.29) is 137 Å². The zero-order chi connectivity index (χ0) is 104. The Morgan fingerprint density at radius 2 is 0.325 bits per heavy atom. The average Bonchev–Trinajstić information content (AvgIpc) is 0.698. The Bertz CT molecular complexity index is 9680. The van der Waals surface area contributed by atoms with Crippen LogP contribution in [0.15, 0.2) is 497 Å². The molecule has 0 aliphatic heterocycles. The number of fused-ring (bicyclic) bond motifs is 12. The van der Waals surface area contributed by atoms with Gasteiger partial charge in [-0.15, -0.1) is 0 Å². The number of hydrogen-bond donors (Lipinski definition) is 0. The largest absolute Gasteiger partial charge is 0.0629 e. The smallest absolute Gasteiger partial charge is 0.0622 e. The fourth-order valence-electron chi connectivity index (χ4n) is 18.8. The van der Waals surface area contributed by atoms with Crippen molar-refractivity contribution in [1.82, 2.24) is 0 Å². The first-order valence-electron chi connectivity index (χ1n) is 53.7. The van der Waals surface area contributed by atoms with Gasteiger partial charge in [-0.05, 0) is 259 Å². The maximum absolute atomic E-state index is 9.38. The van der Waals surface area contributed by atoms with Crippen molar-refractivity contribution in [1.29, 1.82) is 0 Å². The molecule has 586 valence electrons. The Hall–Kier alpha value is -16.4. The quantitative estimate of drug-likeness (QED) is 0.120. The average molecular weight is 1620 g/mol. The highest BCUT2D eigenvalue weighted by atomic mass is 14.3. The van der Waals surface area contributed by atoms with E-state index in [0.717, 1.165) is 109 Å². The van der Waals surface area contributed by atoms with Crippen molar-refractivity contribution in [2.24, 2.45) is 0 Å². The minimum absolute atomic E-state index is 0.194. The topological polar surface area (TPSA) is 0 Å². The first-order valence-corrected chi connectivity index (χ1v) is 41.7. The molecule has 0 N–H and O–H groups in total. The van der Waals surface area contributed by atoms with Crippen LogP contribution >= 0.6 is 0 Å². The van der Waals surface area contributed by atoms with Crippen LogP contribution in [0.3, 0.4) is 0 Å². The molecular formula is C126H82. The van der Waals surface area contributed by atoms with Gasteiger partial charge in [0.1, 0.15) is 0 Å². The van der Waals surface area contributed by atoms with Crippen molar-refractivity contribution >= 4 is 129 Å². The van der Waals surface area contributed by atoms with Crippen molar-refractivity contribution in [3.05, 3.63) is 497 Å². The van der Waals surface area contributed by atoms with E-state index >= 15 is 0 Å². The van der Waals surface area contributed by atoms with E-state index < -0.39 is 72.5 Å². The van der Waals surface area contributed by atoms with Crippen LogP contribution in [-0.4, -0.2) is 0 Å². The predicted molar refractivity (Wildman–Crippen MR) is 544 cm³/mol. The third kappa shape index (κ3) is 13.2. The van der Waals surface area contributed by atoms with Crippen molar-refractivity contribution < 1.29 is 32.9 Å². The summed E-state index contributed by atoms with van der Waals surface area (Å²) in [6.45, 7) is 0. The highest BCUT2D eigenvalue weighted by Crippen LogP contribution is 2.51. The summed E-state index contributed by atoms with van der Waals surface area (Å²) in [7, 11) is 0. The highest BCUT2D eigenvalue weighted by molar-refractivity contribution is 6.27. The Labute approximate surface area is 766 Å². The lowest BCUT2D eigenvalue weighted by Gasteiger charge is -2.19. The van der Waals surface area contributed by atoms with Gasteiger partial charge in [-0.25, -0.2) is 0 Å². The van der Waals surface area contributed by atoms with E-state index in [0.29, 0.717) is 66.8 Å². The van der Waals surface area contributed by atoms with Crippen LogP contribution in [0.5, 0.6) is 0 Å². The SMILES string of the molecule is [2H]c1c([2H])c([2H])c2c(-c3cccc(-c4cccc5ccccc45)c3)c3c([2H])c([2H])c([2H])c([2H])c3c(-c3cccc(-c4cccc5ccccc45)c3)c2c1[2H].[2H]c1c([2H])c([2H])c2c(-c3cccc4c(-c5ccc6ccccc6c5)cccc34)c3c([2H])c([2H])c([2H])c([2H])c3c(-c3ccccc3)c2c1[2H].[2H]c1c([2H])c([2H])c2c(-c3cccc4c(-c5cccc6ccccc56)cccc34)c3c([2H])c([2H])c([2H])c([2H])c3c(-c3ccccc3)c2c1[2H]. The van der Waals surface area contributed by atoms with Crippen molar-refractivity contribution in [2.75, 3.05) is 0 Å². The van der Waals surface area contributed by atoms with Gasteiger partial charge in [-0.2, -0.15) is 0 Å². The molecule has 0 heteroatoms. The second-order valence-electron chi connectivity index (χ2n) is 31.2. The molecule has 0 nitrogen and oxygen atoms in total. The van der Waals surface area contributed by atoms with E-state index in [1.54, 1.807) is 48.5 Å². The molecule has 0 unspecified atom stereocenters. The fraction of sp³-hybridized carbons (Fsp3) is 0. The molecule has 0 saturated heterocycles. The molecule has 0 amide bonds. The molecule has 25 aromatic carbocycles. The number of rotatable bonds is 10. The summed E-state index contributed by atoms with van der Waals surface area (Å²) in [5.41, 5.74) is 13.2. The second kappa shape index (κ2) is 32.2. The minimum Gasteiger partial charge on any atom is -0.0622 e. The van der Waals surface area contributed by atoms with Crippen LogP contribution in [0.4, 0.5) is 0 Å². The summed E-state index contributed by atoms with van der Waals surface area (Å²) in [6, 6.07) is 106. The Morgan fingerprint density at radius 3 is 0.698 bits per heavy atom. The van der Waals surface area contributed by atoms with Gasteiger partial charge in [-0.1, -0.05) is 479 Å². The van der Waals surface area contributed by atoms with Gasteiger partial charge in [0, 0.05) is 0 Å². The van der Waals surface area contributed by atoms with Crippen LogP contribution in [0.1, 0.15) is 32.9 Å². The highest BCUT2D eigenvalue weighted by Gasteiger charge is 2.24. The molecule has 25 aromatic rings. The van der Waals surface area contributed by atoms with Gasteiger partial charge in [-0.3, -0.25) is 0 Å². The molecule has 0 bridgehead atoms. The van der Waals surface area contributed by atoms with Gasteiger partial charge in [0.2, 0.25) is 0 Å². The first-order chi connectivity index (χ1) is 72.5. The maximum Gasteiger partial charge on any atom is 0.0629 e. The molecule has 0 heterocycles. The lowest BCUT2D eigenvalue weighted by molar-refractivity contribution is 1.62. The van der Waals surface area contributed by atoms with Gasteiger partial charge < -0.3 is 0 Å². The molecule has 0 aliphatic carbocycles. The summed E-state index contributed by atoms with van der Waals surface area (Å²) < 4.78 is 216. The molecule has 0 fully saturated rings. The van der Waals surface area contributed by atoms with Crippen LogP contribution in [0, 0.1) is 0 Å². The lowest BCUT2D eigenvalue weighted by Crippen LogP contribution is -1.92. The fourth-order valence-corrected chi connectivity index (χ4v) is 18.8. The van der Waals surface area contributed by atoms with E-state index in [1.165, 1.54) is 0 Å². The molecule has 0 spiro atoms. The normalized spacial score (nSPS) is 14.2. The monoisotopic (exact) mass is 1620 g/mol. The van der Waals surface area contributed by atoms with Gasteiger partial charge in [0.15, 0.2) is 0 Å². The molecule has 126 heavy (non-hydrogen) atoms. The Morgan fingerprint density at radius 1 is 0.111 bits per heavy atom. The third-order valence-electron chi connectivity index (χ3n) is 24.3. The van der Waals surface area contributed by atoms with E-state index in [4.69, 9.17) is 19.2 Å². The van der Waals surface area contributed by atoms with E-state index in [1.807, 2.05) is 231 Å². The van der Waals surface area contributed by atoms with Crippen molar-refractivity contribution in [3.63, 3.8) is 0 Å². The summed E-state index contributed by atoms with van der Waals surface area (Å²) in [5.74, 6) is 0. The van der Waals surface area contributed by atoms with E-state index in [9.17, 15) is 13.7 Å². The Balaban J connectivity index is 0.000000124. The van der Waals surface area contributed by atoms with Crippen molar-refractivity contribution in [3.8, 4) is 111 Å². The second-order valence-corrected chi connectivity index (χ2v) is 31.2. The molecule has 0 aliphatic rings. The summed E-state index contributed by atoms with van der Waals surface area (Å²) in [6.07, 6.45) is 0. The molecular weight excluding hydrogens is 1510 g/mol. The maximum atomic E-state index is 9.38. The van der Waals surface area contributed by atoms with Gasteiger partial charge >= 0.3 is 0 Å². The molecule has 0 saturated carbocycles. The minimum atomic E-state index is -0.422. The zero-order valence-corrected chi connectivity index (χ0v) is 67.5. The van der Waals surface area contributed by atoms with Crippen LogP contribution in [-0.2, 0) is 0 Å². The number of benzene rings is 25. The third-order valence-corrected chi connectivity index (χ3v) is 24.3. The predicted octanol–water partition coefficient (Wildman–Crippen LogP) is 35.6. The van der Waals surface area contributed by atoms with Crippen LogP contribution in [0.25, 0.3) is 241 Å². The summed E-state index contributed by atoms with van der Waals surface area (Å²) >= 11 is 0. The summed E-state index contributed by atoms with van der Waals surface area (Å²) in [4.78, 5) is 0. The molecule has 0 radical (unpaired) electrons. The molecule has 0 atom stereocenters. The standard InChI is InChI=1S/C46H30.2C40H26/c1-3-21-37-31(13-1)15-11-27-39(37)33-17-9-19-35(29-33)45-41-23-5-7-25-43(41)46(44-26-8-6-24-42(44)45)36-20-10-18-34(30-36)40-28-12-16-32-14-2-4-22-38(32)40;1-2-14-28(15-3-1)39-35-18-6-8-20-37(35)40(38-21-9-7-19-36(38)39)34-26-12-24-32-31(23-11-25-33(32)34)30-22-10-16-27-13-4-5-17-29(27)30;1-2-13-28(14-3-1)39-35-16-6-8-18-37(35)40(38-19-9-7-17-36(38)39)34-23-11-21-32-31(20-10-22-33(32)34)30-25-24-27-12-4-5-15-29(27)26-30/h1-30H;2*1-26H/i5D,6D,7D,8D,23D,24D,25D,26D;6D,7D,8D,9D,18D,19D,20D,21D;6D,7D,8D,9D,16D,17D,18D,19D. The van der Waals surface area contributed by atoms with E-state index in [2.05, 4.69) is 72.8 Å². The zero-order valence-electron chi connectivity index (χ0n) is 91.5. The lowest BCUT2D eigenvalue weighted by atomic mass is 9.84. The summed E-state index contributed by atoms with van der Waals surface area (Å²) in [5, 5.41) is 14.5. The molecule has 25 rings (SSSR count). The van der Waals surface area contributed by atoms with Crippen LogP contribution in [0.2, 0.25) is 0 Å². The van der Waals surface area contributed by atoms with Gasteiger partial charge in [0.25, 0.3) is 0 Å². The van der Waals surface area contributed by atoms with Crippen LogP contribution < -0.4 is 0 Å². The first kappa shape index (κ1) is 53.4. The number of hydrogen-bond acceptors (Lipinski definition) is 0. The van der Waals surface area contributed by atoms with Gasteiger partial charge in [0.05, 0.1) is 32.9 Å².